The summed E-state index contributed by atoms with van der Waals surface area (Å²) in [6.07, 6.45) is 2.37. The van der Waals surface area contributed by atoms with Crippen molar-refractivity contribution in [2.75, 3.05) is 11.9 Å². The third kappa shape index (κ3) is 5.19. The predicted octanol–water partition coefficient (Wildman–Crippen LogP) is 5.35. The van der Waals surface area contributed by atoms with Gasteiger partial charge in [-0.1, -0.05) is 48.5 Å². The first-order valence-electron chi connectivity index (χ1n) is 14.0. The molecule has 0 saturated heterocycles. The summed E-state index contributed by atoms with van der Waals surface area (Å²) in [6, 6.07) is 22.6. The Bertz CT molecular complexity index is 1710. The molecule has 1 aromatic heterocycles. The highest BCUT2D eigenvalue weighted by Crippen LogP contribution is 2.35. The molecule has 0 saturated carbocycles. The largest absolute Gasteiger partial charge is 0.488 e. The zero-order chi connectivity index (χ0) is 29.4. The van der Waals surface area contributed by atoms with Crippen LogP contribution in [0.3, 0.4) is 0 Å². The van der Waals surface area contributed by atoms with Crippen molar-refractivity contribution >= 4 is 35.1 Å². The maximum atomic E-state index is 13.2. The van der Waals surface area contributed by atoms with Crippen LogP contribution >= 0.6 is 0 Å². The lowest BCUT2D eigenvalue weighted by Crippen LogP contribution is -2.34. The van der Waals surface area contributed by atoms with Crippen molar-refractivity contribution in [3.8, 4) is 5.75 Å². The molecule has 1 unspecified atom stereocenters. The van der Waals surface area contributed by atoms with Crippen LogP contribution in [-0.2, 0) is 11.2 Å². The first kappa shape index (κ1) is 27.1. The van der Waals surface area contributed by atoms with Gasteiger partial charge in [0.2, 0.25) is 0 Å². The maximum absolute atomic E-state index is 13.2. The highest BCUT2D eigenvalue weighted by Gasteiger charge is 2.28. The zero-order valence-corrected chi connectivity index (χ0v) is 23.7. The fraction of sp³-hybridized carbons (Fsp3) is 0.206. The van der Waals surface area contributed by atoms with E-state index in [-0.39, 0.29) is 29.9 Å². The Balaban J connectivity index is 1.19. The van der Waals surface area contributed by atoms with E-state index in [2.05, 4.69) is 20.9 Å². The molecule has 8 heteroatoms. The number of anilines is 1. The molecule has 6 rings (SSSR count). The molecule has 2 atom stereocenters. The number of carbonyl (C=O) groups excluding carboxylic acids is 3. The summed E-state index contributed by atoms with van der Waals surface area (Å²) >= 11 is 0. The van der Waals surface area contributed by atoms with Gasteiger partial charge in [0.25, 0.3) is 17.7 Å². The second-order valence-electron chi connectivity index (χ2n) is 10.8. The minimum atomic E-state index is -0.268. The Morgan fingerprint density at radius 2 is 1.79 bits per heavy atom. The minimum Gasteiger partial charge on any atom is -0.488 e. The van der Waals surface area contributed by atoms with Crippen LogP contribution in [0.5, 0.6) is 5.75 Å². The summed E-state index contributed by atoms with van der Waals surface area (Å²) in [5, 5.41) is 8.91. The lowest BCUT2D eigenvalue weighted by molar-refractivity contribution is -0.110. The van der Waals surface area contributed by atoms with E-state index in [1.165, 1.54) is 0 Å². The summed E-state index contributed by atoms with van der Waals surface area (Å²) in [4.78, 5) is 42.5. The Hall–Kier alpha value is -5.11. The SMILES string of the molecule is Cc1[nH]c(/C=C2\C(=O)Nc3ccc(C(=O)N[C@H](C)c4ccccc4)cc32)c(C)c1C(=O)NCC1Cc2ccccc2O1. The summed E-state index contributed by atoms with van der Waals surface area (Å²) < 4.78 is 5.96. The van der Waals surface area contributed by atoms with Crippen LogP contribution in [0.2, 0.25) is 0 Å². The molecular weight excluding hydrogens is 528 g/mol. The van der Waals surface area contributed by atoms with Crippen LogP contribution in [0.1, 0.15) is 67.3 Å². The average Bonchev–Trinajstić information content (AvgIpc) is 3.64. The molecule has 3 heterocycles. The fourth-order valence-electron chi connectivity index (χ4n) is 5.64. The van der Waals surface area contributed by atoms with Gasteiger partial charge in [-0.25, -0.2) is 0 Å². The molecule has 4 aromatic rings. The van der Waals surface area contributed by atoms with E-state index in [0.29, 0.717) is 45.9 Å². The smallest absolute Gasteiger partial charge is 0.256 e. The van der Waals surface area contributed by atoms with Crippen LogP contribution in [0.4, 0.5) is 5.69 Å². The molecule has 3 amide bonds. The van der Waals surface area contributed by atoms with E-state index in [1.54, 1.807) is 24.3 Å². The number of carbonyl (C=O) groups is 3. The third-order valence-electron chi connectivity index (χ3n) is 7.91. The highest BCUT2D eigenvalue weighted by atomic mass is 16.5. The Labute approximate surface area is 244 Å². The van der Waals surface area contributed by atoms with E-state index < -0.39 is 0 Å². The minimum absolute atomic E-state index is 0.117. The normalized spacial score (nSPS) is 16.8. The van der Waals surface area contributed by atoms with Crippen LogP contribution in [0.15, 0.2) is 72.8 Å². The molecule has 0 spiro atoms. The first-order chi connectivity index (χ1) is 20.3. The number of fused-ring (bicyclic) bond motifs is 2. The molecule has 8 nitrogen and oxygen atoms in total. The topological polar surface area (TPSA) is 112 Å². The van der Waals surface area contributed by atoms with E-state index in [4.69, 9.17) is 4.74 Å². The van der Waals surface area contributed by atoms with Crippen molar-refractivity contribution in [3.63, 3.8) is 0 Å². The molecule has 42 heavy (non-hydrogen) atoms. The van der Waals surface area contributed by atoms with Crippen molar-refractivity contribution in [2.24, 2.45) is 0 Å². The van der Waals surface area contributed by atoms with Crippen molar-refractivity contribution in [3.05, 3.63) is 118 Å². The molecule has 2 aliphatic rings. The number of rotatable bonds is 7. The summed E-state index contributed by atoms with van der Waals surface area (Å²) in [6.45, 7) is 6.01. The number of aromatic amines is 1. The Morgan fingerprint density at radius 3 is 2.57 bits per heavy atom. The van der Waals surface area contributed by atoms with E-state index in [1.807, 2.05) is 75.4 Å². The lowest BCUT2D eigenvalue weighted by Gasteiger charge is -2.14. The van der Waals surface area contributed by atoms with Gasteiger partial charge in [0.1, 0.15) is 11.9 Å². The summed E-state index contributed by atoms with van der Waals surface area (Å²) in [7, 11) is 0. The first-order valence-corrected chi connectivity index (χ1v) is 14.0. The number of ether oxygens (including phenoxy) is 1. The van der Waals surface area contributed by atoms with Crippen LogP contribution in [-0.4, -0.2) is 35.4 Å². The average molecular weight is 561 g/mol. The molecule has 0 fully saturated rings. The number of benzene rings is 3. The van der Waals surface area contributed by atoms with E-state index >= 15 is 0 Å². The number of para-hydroxylation sites is 1. The van der Waals surface area contributed by atoms with Gasteiger partial charge in [0, 0.05) is 34.6 Å². The standard InChI is InChI=1S/C34H32N4O4/c1-19-29(36-21(3)31(19)34(41)35-18-25-15-23-11-7-8-12-30(23)42-25)17-27-26-16-24(13-14-28(26)38-33(27)40)32(39)37-20(2)22-9-5-4-6-10-22/h4-14,16-17,20,25,36H,15,18H2,1-3H3,(H,35,41)(H,37,39)(H,38,40)/b27-17-/t20-,25?/m1/s1. The Morgan fingerprint density at radius 1 is 1.02 bits per heavy atom. The van der Waals surface area contributed by atoms with Crippen molar-refractivity contribution in [2.45, 2.75) is 39.3 Å². The predicted molar refractivity (Wildman–Crippen MR) is 162 cm³/mol. The molecule has 4 N–H and O–H groups in total. The number of amides is 3. The maximum Gasteiger partial charge on any atom is 0.256 e. The summed E-state index contributed by atoms with van der Waals surface area (Å²) in [5.41, 5.74) is 6.93. The second-order valence-corrected chi connectivity index (χ2v) is 10.8. The molecule has 0 radical (unpaired) electrons. The van der Waals surface area contributed by atoms with Gasteiger partial charge >= 0.3 is 0 Å². The van der Waals surface area contributed by atoms with Crippen molar-refractivity contribution < 1.29 is 19.1 Å². The number of H-pyrrole nitrogens is 1. The fourth-order valence-corrected chi connectivity index (χ4v) is 5.64. The van der Waals surface area contributed by atoms with Gasteiger partial charge < -0.3 is 25.7 Å². The van der Waals surface area contributed by atoms with Gasteiger partial charge in [0.05, 0.1) is 23.7 Å². The highest BCUT2D eigenvalue weighted by molar-refractivity contribution is 6.35. The molecular formula is C34H32N4O4. The second kappa shape index (κ2) is 11.0. The van der Waals surface area contributed by atoms with Gasteiger partial charge in [-0.3, -0.25) is 14.4 Å². The van der Waals surface area contributed by atoms with Crippen molar-refractivity contribution in [1.82, 2.24) is 15.6 Å². The van der Waals surface area contributed by atoms with Gasteiger partial charge in [-0.15, -0.1) is 0 Å². The molecule has 0 aliphatic carbocycles. The monoisotopic (exact) mass is 560 g/mol. The molecule has 212 valence electrons. The van der Waals surface area contributed by atoms with E-state index in [9.17, 15) is 14.4 Å². The van der Waals surface area contributed by atoms with Crippen LogP contribution in [0, 0.1) is 13.8 Å². The van der Waals surface area contributed by atoms with Gasteiger partial charge in [-0.05, 0) is 67.8 Å². The number of aryl methyl sites for hydroxylation is 1. The molecule has 0 bridgehead atoms. The molecule has 3 aromatic carbocycles. The van der Waals surface area contributed by atoms with E-state index in [0.717, 1.165) is 28.9 Å². The van der Waals surface area contributed by atoms with Crippen LogP contribution in [0.25, 0.3) is 11.6 Å². The number of hydrogen-bond donors (Lipinski definition) is 4. The zero-order valence-electron chi connectivity index (χ0n) is 23.7. The van der Waals surface area contributed by atoms with Crippen LogP contribution < -0.4 is 20.7 Å². The quantitative estimate of drug-likeness (QED) is 0.228. The number of aromatic nitrogens is 1. The third-order valence-corrected chi connectivity index (χ3v) is 7.91. The molecule has 2 aliphatic heterocycles. The van der Waals surface area contributed by atoms with Crippen molar-refractivity contribution in [1.29, 1.82) is 0 Å². The lowest BCUT2D eigenvalue weighted by atomic mass is 10.0. The number of hydrogen-bond acceptors (Lipinski definition) is 4. The van der Waals surface area contributed by atoms with Gasteiger partial charge in [0.15, 0.2) is 0 Å². The summed E-state index contributed by atoms with van der Waals surface area (Å²) in [5.74, 6) is 0.165. The number of nitrogens with one attached hydrogen (secondary N) is 4. The Kier molecular flexibility index (Phi) is 7.12. The van der Waals surface area contributed by atoms with Gasteiger partial charge in [-0.2, -0.15) is 0 Å².